The number of carbonyl (C=O) groups excluding carboxylic acids is 1. The predicted octanol–water partition coefficient (Wildman–Crippen LogP) is -0.0666. The molecule has 2 aliphatic rings. The first-order chi connectivity index (χ1) is 5.33. The Bertz CT molecular complexity index is 212. The fraction of sp³-hybridized carbons (Fsp3) is 0.625. The van der Waals surface area contributed by atoms with E-state index >= 15 is 0 Å². The molecule has 0 aromatic heterocycles. The summed E-state index contributed by atoms with van der Waals surface area (Å²) < 4.78 is 4.65. The highest BCUT2D eigenvalue weighted by molar-refractivity contribution is 5.77. The minimum Gasteiger partial charge on any atom is -0.468 e. The molecular formula is C8H11NO2. The zero-order chi connectivity index (χ0) is 7.84. The lowest BCUT2D eigenvalue weighted by Gasteiger charge is -2.23. The van der Waals surface area contributed by atoms with Crippen LogP contribution in [0.1, 0.15) is 0 Å². The molecule has 60 valence electrons. The number of fused-ring (bicyclic) bond motifs is 1. The third kappa shape index (κ3) is 0.878. The normalized spacial score (nSPS) is 39.5. The van der Waals surface area contributed by atoms with Gasteiger partial charge in [0.15, 0.2) is 0 Å². The molecule has 3 nitrogen and oxygen atoms in total. The highest BCUT2D eigenvalue weighted by atomic mass is 16.5. The second-order valence-corrected chi connectivity index (χ2v) is 3.04. The van der Waals surface area contributed by atoms with Gasteiger partial charge in [-0.3, -0.25) is 4.79 Å². The zero-order valence-corrected chi connectivity index (χ0v) is 6.41. The number of rotatable bonds is 1. The van der Waals surface area contributed by atoms with Crippen LogP contribution in [-0.4, -0.2) is 25.7 Å². The lowest BCUT2D eigenvalue weighted by atomic mass is 9.81. The maximum absolute atomic E-state index is 11.1. The Labute approximate surface area is 65.4 Å². The summed E-state index contributed by atoms with van der Waals surface area (Å²) in [4.78, 5) is 11.1. The molecule has 1 aliphatic heterocycles. The Morgan fingerprint density at radius 3 is 2.91 bits per heavy atom. The first-order valence-electron chi connectivity index (χ1n) is 3.82. The van der Waals surface area contributed by atoms with Crippen LogP contribution in [0.3, 0.4) is 0 Å². The maximum Gasteiger partial charge on any atom is 0.323 e. The molecule has 1 saturated heterocycles. The van der Waals surface area contributed by atoms with Gasteiger partial charge in [-0.15, -0.1) is 0 Å². The fourth-order valence-corrected chi connectivity index (χ4v) is 1.73. The van der Waals surface area contributed by atoms with E-state index in [1.165, 1.54) is 7.11 Å². The van der Waals surface area contributed by atoms with Crippen LogP contribution in [-0.2, 0) is 9.53 Å². The van der Waals surface area contributed by atoms with Crippen LogP contribution >= 0.6 is 0 Å². The maximum atomic E-state index is 11.1. The van der Waals surface area contributed by atoms with E-state index in [9.17, 15) is 4.79 Å². The summed E-state index contributed by atoms with van der Waals surface area (Å²) in [5.41, 5.74) is 0. The highest BCUT2D eigenvalue weighted by Gasteiger charge is 2.41. The number of esters is 1. The minimum absolute atomic E-state index is 0.0880. The number of methoxy groups -OCH3 is 1. The van der Waals surface area contributed by atoms with Crippen LogP contribution in [0.15, 0.2) is 12.2 Å². The molecule has 0 bridgehead atoms. The molecule has 3 heteroatoms. The van der Waals surface area contributed by atoms with E-state index in [0.29, 0.717) is 11.8 Å². The number of carbonyl (C=O) groups is 1. The largest absolute Gasteiger partial charge is 0.468 e. The Morgan fingerprint density at radius 1 is 1.64 bits per heavy atom. The summed E-state index contributed by atoms with van der Waals surface area (Å²) in [6.45, 7) is 0.918. The Morgan fingerprint density at radius 2 is 2.45 bits per heavy atom. The van der Waals surface area contributed by atoms with Gasteiger partial charge in [0.05, 0.1) is 7.11 Å². The Kier molecular flexibility index (Phi) is 1.46. The van der Waals surface area contributed by atoms with E-state index in [1.54, 1.807) is 0 Å². The third-order valence-electron chi connectivity index (χ3n) is 2.49. The SMILES string of the molecule is COC(=O)C1NCC2C=CC21. The van der Waals surface area contributed by atoms with E-state index in [1.807, 2.05) is 0 Å². The van der Waals surface area contributed by atoms with Gasteiger partial charge in [0.2, 0.25) is 0 Å². The molecule has 2 rings (SSSR count). The molecule has 0 radical (unpaired) electrons. The lowest BCUT2D eigenvalue weighted by Crippen LogP contribution is -2.37. The second kappa shape index (κ2) is 2.34. The summed E-state index contributed by atoms with van der Waals surface area (Å²) in [5.74, 6) is 0.823. The van der Waals surface area contributed by atoms with Crippen LogP contribution < -0.4 is 5.32 Å². The Hall–Kier alpha value is -0.830. The van der Waals surface area contributed by atoms with Crippen LogP contribution in [0.2, 0.25) is 0 Å². The van der Waals surface area contributed by atoms with Gasteiger partial charge in [0.1, 0.15) is 6.04 Å². The van der Waals surface area contributed by atoms with Crippen LogP contribution in [0.5, 0.6) is 0 Å². The van der Waals surface area contributed by atoms with Crippen molar-refractivity contribution in [3.05, 3.63) is 12.2 Å². The molecule has 1 N–H and O–H groups in total. The summed E-state index contributed by atoms with van der Waals surface area (Å²) in [7, 11) is 1.43. The molecule has 3 atom stereocenters. The molecule has 1 aliphatic carbocycles. The lowest BCUT2D eigenvalue weighted by molar-refractivity contribution is -0.143. The highest BCUT2D eigenvalue weighted by Crippen LogP contribution is 2.33. The molecular weight excluding hydrogens is 142 g/mol. The van der Waals surface area contributed by atoms with Crippen LogP contribution in [0, 0.1) is 11.8 Å². The van der Waals surface area contributed by atoms with E-state index in [-0.39, 0.29) is 12.0 Å². The molecule has 11 heavy (non-hydrogen) atoms. The predicted molar refractivity (Wildman–Crippen MR) is 39.9 cm³/mol. The third-order valence-corrected chi connectivity index (χ3v) is 2.49. The monoisotopic (exact) mass is 153 g/mol. The molecule has 0 amide bonds. The van der Waals surface area contributed by atoms with Crippen molar-refractivity contribution in [2.45, 2.75) is 6.04 Å². The van der Waals surface area contributed by atoms with Crippen molar-refractivity contribution in [1.82, 2.24) is 5.32 Å². The number of ether oxygens (including phenoxy) is 1. The van der Waals surface area contributed by atoms with Gasteiger partial charge in [0.25, 0.3) is 0 Å². The number of hydrogen-bond donors (Lipinski definition) is 1. The van der Waals surface area contributed by atoms with Crippen molar-refractivity contribution in [3.8, 4) is 0 Å². The quantitative estimate of drug-likeness (QED) is 0.423. The smallest absolute Gasteiger partial charge is 0.323 e. The molecule has 1 heterocycles. The number of nitrogens with one attached hydrogen (secondary N) is 1. The topological polar surface area (TPSA) is 38.3 Å². The van der Waals surface area contributed by atoms with Crippen molar-refractivity contribution in [3.63, 3.8) is 0 Å². The van der Waals surface area contributed by atoms with Crippen molar-refractivity contribution in [2.75, 3.05) is 13.7 Å². The summed E-state index contributed by atoms with van der Waals surface area (Å²) in [6.07, 6.45) is 4.22. The van der Waals surface area contributed by atoms with E-state index in [2.05, 4.69) is 22.2 Å². The molecule has 0 saturated carbocycles. The van der Waals surface area contributed by atoms with Crippen molar-refractivity contribution >= 4 is 5.97 Å². The van der Waals surface area contributed by atoms with E-state index in [4.69, 9.17) is 0 Å². The van der Waals surface area contributed by atoms with Gasteiger partial charge in [0, 0.05) is 12.5 Å². The fourth-order valence-electron chi connectivity index (χ4n) is 1.73. The van der Waals surface area contributed by atoms with E-state index < -0.39 is 0 Å². The first-order valence-corrected chi connectivity index (χ1v) is 3.82. The summed E-state index contributed by atoms with van der Waals surface area (Å²) in [6, 6.07) is -0.0880. The van der Waals surface area contributed by atoms with Crippen molar-refractivity contribution < 1.29 is 9.53 Å². The summed E-state index contributed by atoms with van der Waals surface area (Å²) in [5, 5.41) is 3.13. The van der Waals surface area contributed by atoms with Gasteiger partial charge >= 0.3 is 5.97 Å². The Balaban J connectivity index is 2.06. The van der Waals surface area contributed by atoms with Crippen molar-refractivity contribution in [1.29, 1.82) is 0 Å². The average Bonchev–Trinajstić information content (AvgIpc) is 2.25. The molecule has 0 spiro atoms. The van der Waals surface area contributed by atoms with Crippen LogP contribution in [0.4, 0.5) is 0 Å². The standard InChI is InChI=1S/C8H11NO2/c1-11-8(10)7-6-3-2-5(6)4-9-7/h2-3,5-7,9H,4H2,1H3. The summed E-state index contributed by atoms with van der Waals surface area (Å²) >= 11 is 0. The minimum atomic E-state index is -0.137. The van der Waals surface area contributed by atoms with Crippen molar-refractivity contribution in [2.24, 2.45) is 11.8 Å². The molecule has 1 fully saturated rings. The second-order valence-electron chi connectivity index (χ2n) is 3.04. The van der Waals surface area contributed by atoms with Gasteiger partial charge in [-0.2, -0.15) is 0 Å². The van der Waals surface area contributed by atoms with Gasteiger partial charge in [-0.25, -0.2) is 0 Å². The average molecular weight is 153 g/mol. The molecule has 3 unspecified atom stereocenters. The zero-order valence-electron chi connectivity index (χ0n) is 6.41. The van der Waals surface area contributed by atoms with Crippen LogP contribution in [0.25, 0.3) is 0 Å². The van der Waals surface area contributed by atoms with Gasteiger partial charge in [-0.1, -0.05) is 12.2 Å². The number of hydrogen-bond acceptors (Lipinski definition) is 3. The van der Waals surface area contributed by atoms with Gasteiger partial charge in [-0.05, 0) is 5.92 Å². The van der Waals surface area contributed by atoms with Gasteiger partial charge < -0.3 is 10.1 Å². The van der Waals surface area contributed by atoms with E-state index in [0.717, 1.165) is 6.54 Å². The molecule has 0 aromatic rings. The first kappa shape index (κ1) is 6.85. The molecule has 0 aromatic carbocycles.